The van der Waals surface area contributed by atoms with Gasteiger partial charge in [0.25, 0.3) is 0 Å². The van der Waals surface area contributed by atoms with Crippen LogP contribution in [0.15, 0.2) is 40.0 Å². The van der Waals surface area contributed by atoms with Crippen LogP contribution in [0.1, 0.15) is 16.7 Å². The predicted octanol–water partition coefficient (Wildman–Crippen LogP) is 1.93. The monoisotopic (exact) mass is 312 g/mol. The third kappa shape index (κ3) is 3.69. The van der Waals surface area contributed by atoms with E-state index in [1.165, 1.54) is 24.7 Å². The molecule has 0 saturated heterocycles. The van der Waals surface area contributed by atoms with Gasteiger partial charge in [0.2, 0.25) is 10.0 Å². The van der Waals surface area contributed by atoms with E-state index in [0.717, 1.165) is 0 Å². The molecule has 0 bridgehead atoms. The lowest BCUT2D eigenvalue weighted by atomic mass is 10.1. The van der Waals surface area contributed by atoms with Gasteiger partial charge < -0.3 is 9.73 Å². The highest BCUT2D eigenvalue weighted by Crippen LogP contribution is 2.19. The van der Waals surface area contributed by atoms with Crippen LogP contribution >= 0.6 is 0 Å². The van der Waals surface area contributed by atoms with Gasteiger partial charge in [-0.3, -0.25) is 0 Å². The van der Waals surface area contributed by atoms with Crippen molar-refractivity contribution in [3.8, 4) is 0 Å². The SMILES string of the molecule is CNCc1cc(S(=O)(=O)NCc2ccoc2)cc(C)c1F. The van der Waals surface area contributed by atoms with Gasteiger partial charge in [0.05, 0.1) is 17.4 Å². The molecule has 0 saturated carbocycles. The zero-order valence-corrected chi connectivity index (χ0v) is 12.6. The normalized spacial score (nSPS) is 11.8. The van der Waals surface area contributed by atoms with Gasteiger partial charge in [0.15, 0.2) is 0 Å². The molecule has 1 heterocycles. The number of hydrogen-bond acceptors (Lipinski definition) is 4. The topological polar surface area (TPSA) is 71.3 Å². The van der Waals surface area contributed by atoms with Crippen LogP contribution in [0.2, 0.25) is 0 Å². The van der Waals surface area contributed by atoms with Crippen LogP contribution < -0.4 is 10.0 Å². The second-order valence-corrected chi connectivity index (χ2v) is 6.47. The van der Waals surface area contributed by atoms with Crippen molar-refractivity contribution in [1.82, 2.24) is 10.0 Å². The largest absolute Gasteiger partial charge is 0.472 e. The molecule has 2 rings (SSSR count). The second-order valence-electron chi connectivity index (χ2n) is 4.70. The summed E-state index contributed by atoms with van der Waals surface area (Å²) in [7, 11) is -2.03. The molecule has 7 heteroatoms. The molecular weight excluding hydrogens is 295 g/mol. The van der Waals surface area contributed by atoms with Gasteiger partial charge >= 0.3 is 0 Å². The van der Waals surface area contributed by atoms with E-state index < -0.39 is 15.8 Å². The molecule has 0 aliphatic carbocycles. The zero-order chi connectivity index (χ0) is 15.5. The summed E-state index contributed by atoms with van der Waals surface area (Å²) in [5, 5.41) is 2.82. The quantitative estimate of drug-likeness (QED) is 0.855. The summed E-state index contributed by atoms with van der Waals surface area (Å²) in [5.74, 6) is -0.391. The minimum absolute atomic E-state index is 0.0511. The fraction of sp³-hybridized carbons (Fsp3) is 0.286. The molecule has 0 unspecified atom stereocenters. The average molecular weight is 312 g/mol. The molecular formula is C14H17FN2O3S. The number of sulfonamides is 1. The maximum absolute atomic E-state index is 13.9. The first kappa shape index (κ1) is 15.7. The third-order valence-electron chi connectivity index (χ3n) is 3.03. The lowest BCUT2D eigenvalue weighted by molar-refractivity contribution is 0.560. The molecule has 2 N–H and O–H groups in total. The molecule has 0 aliphatic rings. The highest BCUT2D eigenvalue weighted by Gasteiger charge is 2.18. The van der Waals surface area contributed by atoms with Crippen molar-refractivity contribution < 1.29 is 17.2 Å². The fourth-order valence-electron chi connectivity index (χ4n) is 1.94. The van der Waals surface area contributed by atoms with Crippen LogP contribution in [0.25, 0.3) is 0 Å². The number of aryl methyl sites for hydroxylation is 1. The molecule has 0 aliphatic heterocycles. The van der Waals surface area contributed by atoms with Crippen LogP contribution in [0.4, 0.5) is 4.39 Å². The first-order valence-corrected chi connectivity index (χ1v) is 7.86. The minimum Gasteiger partial charge on any atom is -0.472 e. The summed E-state index contributed by atoms with van der Waals surface area (Å²) in [5.41, 5.74) is 1.33. The Kier molecular flexibility index (Phi) is 4.76. The minimum atomic E-state index is -3.70. The summed E-state index contributed by atoms with van der Waals surface area (Å²) in [6.45, 7) is 1.93. The van der Waals surface area contributed by atoms with Crippen LogP contribution in [0, 0.1) is 12.7 Å². The van der Waals surface area contributed by atoms with Crippen LogP contribution in [0.3, 0.4) is 0 Å². The average Bonchev–Trinajstić information content (AvgIpc) is 2.95. The molecule has 114 valence electrons. The van der Waals surface area contributed by atoms with Crippen molar-refractivity contribution >= 4 is 10.0 Å². The molecule has 0 radical (unpaired) electrons. The summed E-state index contributed by atoms with van der Waals surface area (Å²) in [6.07, 6.45) is 2.93. The van der Waals surface area contributed by atoms with Gasteiger partial charge in [-0.25, -0.2) is 17.5 Å². The summed E-state index contributed by atoms with van der Waals surface area (Å²) in [4.78, 5) is 0.0511. The van der Waals surface area contributed by atoms with Gasteiger partial charge in [-0.2, -0.15) is 0 Å². The van der Waals surface area contributed by atoms with E-state index in [1.807, 2.05) is 0 Å². The predicted molar refractivity (Wildman–Crippen MR) is 76.6 cm³/mol. The molecule has 2 aromatic rings. The lowest BCUT2D eigenvalue weighted by Gasteiger charge is -2.11. The third-order valence-corrected chi connectivity index (χ3v) is 4.41. The van der Waals surface area contributed by atoms with Crippen molar-refractivity contribution in [3.05, 3.63) is 53.2 Å². The molecule has 0 atom stereocenters. The van der Waals surface area contributed by atoms with E-state index in [9.17, 15) is 12.8 Å². The van der Waals surface area contributed by atoms with E-state index in [4.69, 9.17) is 4.42 Å². The molecule has 0 spiro atoms. The van der Waals surface area contributed by atoms with Crippen molar-refractivity contribution in [2.75, 3.05) is 7.05 Å². The fourth-order valence-corrected chi connectivity index (χ4v) is 3.09. The number of rotatable bonds is 6. The van der Waals surface area contributed by atoms with Crippen molar-refractivity contribution in [2.45, 2.75) is 24.9 Å². The number of benzene rings is 1. The smallest absolute Gasteiger partial charge is 0.240 e. The van der Waals surface area contributed by atoms with Gasteiger partial charge in [-0.15, -0.1) is 0 Å². The van der Waals surface area contributed by atoms with Crippen molar-refractivity contribution in [1.29, 1.82) is 0 Å². The van der Waals surface area contributed by atoms with E-state index in [0.29, 0.717) is 16.7 Å². The van der Waals surface area contributed by atoms with E-state index in [1.54, 1.807) is 20.0 Å². The molecule has 1 aromatic carbocycles. The molecule has 1 aromatic heterocycles. The lowest BCUT2D eigenvalue weighted by Crippen LogP contribution is -2.23. The maximum atomic E-state index is 13.9. The van der Waals surface area contributed by atoms with Gasteiger partial charge in [-0.05, 0) is 37.7 Å². The summed E-state index contributed by atoms with van der Waals surface area (Å²) < 4.78 is 45.8. The molecule has 0 amide bonds. The Hall–Kier alpha value is -1.70. The Labute approximate surface area is 123 Å². The highest BCUT2D eigenvalue weighted by molar-refractivity contribution is 7.89. The molecule has 5 nitrogen and oxygen atoms in total. The Morgan fingerprint density at radius 3 is 2.67 bits per heavy atom. The second kappa shape index (κ2) is 6.38. The molecule has 0 fully saturated rings. The zero-order valence-electron chi connectivity index (χ0n) is 11.8. The highest BCUT2D eigenvalue weighted by atomic mass is 32.2. The van der Waals surface area contributed by atoms with Crippen molar-refractivity contribution in [2.24, 2.45) is 0 Å². The van der Waals surface area contributed by atoms with E-state index in [-0.39, 0.29) is 18.0 Å². The Bertz CT molecular complexity index is 712. The Morgan fingerprint density at radius 1 is 1.29 bits per heavy atom. The standard InChI is InChI=1S/C14H17FN2O3S/c1-10-5-13(6-12(8-16-2)14(10)15)21(18,19)17-7-11-3-4-20-9-11/h3-6,9,16-17H,7-8H2,1-2H3. The van der Waals surface area contributed by atoms with Gasteiger partial charge in [0, 0.05) is 24.2 Å². The van der Waals surface area contributed by atoms with Gasteiger partial charge in [0.1, 0.15) is 5.82 Å². The number of halogens is 1. The summed E-state index contributed by atoms with van der Waals surface area (Å²) >= 11 is 0. The van der Waals surface area contributed by atoms with Crippen molar-refractivity contribution in [3.63, 3.8) is 0 Å². The first-order valence-electron chi connectivity index (χ1n) is 6.38. The van der Waals surface area contributed by atoms with E-state index >= 15 is 0 Å². The molecule has 21 heavy (non-hydrogen) atoms. The van der Waals surface area contributed by atoms with Crippen LogP contribution in [-0.2, 0) is 23.1 Å². The number of hydrogen-bond donors (Lipinski definition) is 2. The van der Waals surface area contributed by atoms with Gasteiger partial charge in [-0.1, -0.05) is 0 Å². The van der Waals surface area contributed by atoms with Crippen LogP contribution in [0.5, 0.6) is 0 Å². The number of furan rings is 1. The maximum Gasteiger partial charge on any atom is 0.240 e. The first-order chi connectivity index (χ1) is 9.94. The van der Waals surface area contributed by atoms with Crippen LogP contribution in [-0.4, -0.2) is 15.5 Å². The Balaban J connectivity index is 2.27. The van der Waals surface area contributed by atoms with E-state index in [2.05, 4.69) is 10.0 Å². The summed E-state index contributed by atoms with van der Waals surface area (Å²) in [6, 6.07) is 4.34. The number of nitrogens with one attached hydrogen (secondary N) is 2. The Morgan fingerprint density at radius 2 is 2.05 bits per heavy atom.